The number of ether oxygens (including phenoxy) is 1. The molecule has 1 aliphatic heterocycles. The zero-order valence-corrected chi connectivity index (χ0v) is 15.1. The van der Waals surface area contributed by atoms with Crippen LogP contribution in [0.2, 0.25) is 0 Å². The van der Waals surface area contributed by atoms with Gasteiger partial charge in [-0.1, -0.05) is 0 Å². The third-order valence-electron chi connectivity index (χ3n) is 4.31. The molecular formula is C19H14N4O6. The van der Waals surface area contributed by atoms with Crippen LogP contribution in [-0.2, 0) is 4.74 Å². The molecule has 29 heavy (non-hydrogen) atoms. The van der Waals surface area contributed by atoms with Gasteiger partial charge in [-0.25, -0.2) is 9.78 Å². The maximum absolute atomic E-state index is 12.5. The lowest BCUT2D eigenvalue weighted by atomic mass is 10.1. The van der Waals surface area contributed by atoms with Gasteiger partial charge < -0.3 is 14.9 Å². The second-order valence-electron chi connectivity index (χ2n) is 6.08. The SMILES string of the molecule is CCOC(=O)c1coc(-c2ccc(-n3c(N)c4c(cc3=O)C(=O)NC4=O)cc2)n1. The number of anilines is 1. The molecule has 0 saturated heterocycles. The van der Waals surface area contributed by atoms with Crippen molar-refractivity contribution >= 4 is 23.6 Å². The zero-order chi connectivity index (χ0) is 20.7. The Kier molecular flexibility index (Phi) is 4.23. The molecule has 4 rings (SSSR count). The van der Waals surface area contributed by atoms with Gasteiger partial charge in [0, 0.05) is 11.6 Å². The van der Waals surface area contributed by atoms with Gasteiger partial charge in [0.25, 0.3) is 17.4 Å². The summed E-state index contributed by atoms with van der Waals surface area (Å²) < 4.78 is 11.3. The van der Waals surface area contributed by atoms with Crippen LogP contribution in [0.3, 0.4) is 0 Å². The quantitative estimate of drug-likeness (QED) is 0.494. The van der Waals surface area contributed by atoms with Gasteiger partial charge in [-0.15, -0.1) is 0 Å². The van der Waals surface area contributed by atoms with Gasteiger partial charge in [-0.05, 0) is 31.2 Å². The molecule has 3 heterocycles. The minimum absolute atomic E-state index is 0.0366. The summed E-state index contributed by atoms with van der Waals surface area (Å²) in [6, 6.07) is 7.44. The Morgan fingerprint density at radius 2 is 1.93 bits per heavy atom. The molecule has 0 radical (unpaired) electrons. The summed E-state index contributed by atoms with van der Waals surface area (Å²) >= 11 is 0. The Morgan fingerprint density at radius 1 is 1.21 bits per heavy atom. The van der Waals surface area contributed by atoms with E-state index < -0.39 is 23.3 Å². The molecule has 1 aromatic carbocycles. The first kappa shape index (κ1) is 18.2. The molecule has 10 nitrogen and oxygen atoms in total. The molecule has 2 aromatic heterocycles. The van der Waals surface area contributed by atoms with E-state index in [1.165, 1.54) is 6.26 Å². The molecule has 0 spiro atoms. The summed E-state index contributed by atoms with van der Waals surface area (Å²) in [7, 11) is 0. The minimum atomic E-state index is -0.655. The van der Waals surface area contributed by atoms with E-state index in [0.29, 0.717) is 11.3 Å². The predicted octanol–water partition coefficient (Wildman–Crippen LogP) is 1.14. The number of hydrogen-bond donors (Lipinski definition) is 2. The number of nitrogens with one attached hydrogen (secondary N) is 1. The highest BCUT2D eigenvalue weighted by Gasteiger charge is 2.31. The number of carbonyl (C=O) groups excluding carboxylic acids is 3. The number of aromatic nitrogens is 2. The van der Waals surface area contributed by atoms with E-state index in [1.807, 2.05) is 0 Å². The number of esters is 1. The van der Waals surface area contributed by atoms with Gasteiger partial charge in [-0.2, -0.15) is 0 Å². The van der Waals surface area contributed by atoms with E-state index in [4.69, 9.17) is 14.9 Å². The summed E-state index contributed by atoms with van der Waals surface area (Å²) in [4.78, 5) is 51.9. The molecule has 0 saturated carbocycles. The number of oxazole rings is 1. The first-order valence-corrected chi connectivity index (χ1v) is 8.55. The lowest BCUT2D eigenvalue weighted by molar-refractivity contribution is 0.0519. The van der Waals surface area contributed by atoms with Crippen LogP contribution in [0.5, 0.6) is 0 Å². The number of imide groups is 1. The second-order valence-corrected chi connectivity index (χ2v) is 6.08. The third-order valence-corrected chi connectivity index (χ3v) is 4.31. The van der Waals surface area contributed by atoms with Gasteiger partial charge in [-0.3, -0.25) is 24.3 Å². The normalized spacial score (nSPS) is 12.6. The number of nitrogen functional groups attached to an aromatic ring is 1. The number of pyridine rings is 1. The van der Waals surface area contributed by atoms with E-state index in [2.05, 4.69) is 10.3 Å². The van der Waals surface area contributed by atoms with Crippen LogP contribution in [0, 0.1) is 0 Å². The van der Waals surface area contributed by atoms with Crippen molar-refractivity contribution in [2.24, 2.45) is 0 Å². The van der Waals surface area contributed by atoms with Crippen molar-refractivity contribution in [3.05, 3.63) is 63.8 Å². The number of rotatable bonds is 4. The Balaban J connectivity index is 1.70. The molecule has 0 atom stereocenters. The molecule has 0 aliphatic carbocycles. The van der Waals surface area contributed by atoms with Gasteiger partial charge in [0.1, 0.15) is 12.1 Å². The number of carbonyl (C=O) groups is 3. The Morgan fingerprint density at radius 3 is 2.62 bits per heavy atom. The van der Waals surface area contributed by atoms with Crippen molar-refractivity contribution in [1.82, 2.24) is 14.9 Å². The number of nitrogens with zero attached hydrogens (tertiary/aromatic N) is 2. The van der Waals surface area contributed by atoms with E-state index in [0.717, 1.165) is 10.6 Å². The van der Waals surface area contributed by atoms with Gasteiger partial charge in [0.15, 0.2) is 5.69 Å². The Bertz CT molecular complexity index is 1220. The molecule has 1 aliphatic rings. The fourth-order valence-electron chi connectivity index (χ4n) is 3.00. The maximum Gasteiger partial charge on any atom is 0.360 e. The lowest BCUT2D eigenvalue weighted by Gasteiger charge is -2.12. The predicted molar refractivity (Wildman–Crippen MR) is 99.7 cm³/mol. The van der Waals surface area contributed by atoms with Gasteiger partial charge in [0.05, 0.1) is 23.4 Å². The highest BCUT2D eigenvalue weighted by Crippen LogP contribution is 2.25. The van der Waals surface area contributed by atoms with Gasteiger partial charge in [0.2, 0.25) is 5.89 Å². The van der Waals surface area contributed by atoms with Gasteiger partial charge >= 0.3 is 5.97 Å². The van der Waals surface area contributed by atoms with E-state index >= 15 is 0 Å². The number of benzene rings is 1. The van der Waals surface area contributed by atoms with E-state index in [1.54, 1.807) is 31.2 Å². The minimum Gasteiger partial charge on any atom is -0.461 e. The average Bonchev–Trinajstić information content (AvgIpc) is 3.28. The smallest absolute Gasteiger partial charge is 0.360 e. The molecule has 3 aromatic rings. The molecule has 0 unspecified atom stereocenters. The molecule has 146 valence electrons. The first-order valence-electron chi connectivity index (χ1n) is 8.55. The van der Waals surface area contributed by atoms with E-state index in [-0.39, 0.29) is 35.1 Å². The summed E-state index contributed by atoms with van der Waals surface area (Å²) in [5.74, 6) is -1.84. The van der Waals surface area contributed by atoms with Crippen LogP contribution in [0.25, 0.3) is 17.1 Å². The summed E-state index contributed by atoms with van der Waals surface area (Å²) in [5.41, 5.74) is 6.33. The largest absolute Gasteiger partial charge is 0.461 e. The lowest BCUT2D eigenvalue weighted by Crippen LogP contribution is -2.24. The number of nitrogens with two attached hydrogens (primary N) is 1. The van der Waals surface area contributed by atoms with Crippen LogP contribution in [0.1, 0.15) is 38.1 Å². The maximum atomic E-state index is 12.5. The first-order chi connectivity index (χ1) is 13.9. The van der Waals surface area contributed by atoms with Crippen molar-refractivity contribution in [3.63, 3.8) is 0 Å². The van der Waals surface area contributed by atoms with Crippen LogP contribution in [-0.4, -0.2) is 33.9 Å². The van der Waals surface area contributed by atoms with Crippen molar-refractivity contribution in [1.29, 1.82) is 0 Å². The molecule has 2 amide bonds. The highest BCUT2D eigenvalue weighted by atomic mass is 16.5. The number of fused-ring (bicyclic) bond motifs is 1. The molecule has 0 bridgehead atoms. The summed E-state index contributed by atoms with van der Waals surface area (Å²) in [6.45, 7) is 1.90. The van der Waals surface area contributed by atoms with Crippen molar-refractivity contribution in [2.75, 3.05) is 12.3 Å². The summed E-state index contributed by atoms with van der Waals surface area (Å²) in [5, 5.41) is 2.11. The Hall–Kier alpha value is -4.21. The second kappa shape index (κ2) is 6.75. The van der Waals surface area contributed by atoms with Crippen LogP contribution in [0.15, 0.2) is 45.8 Å². The highest BCUT2D eigenvalue weighted by molar-refractivity contribution is 6.23. The number of amides is 2. The topological polar surface area (TPSA) is 147 Å². The zero-order valence-electron chi connectivity index (χ0n) is 15.1. The fraction of sp³-hybridized carbons (Fsp3) is 0.105. The molecular weight excluding hydrogens is 380 g/mol. The van der Waals surface area contributed by atoms with Crippen molar-refractivity contribution in [3.8, 4) is 17.1 Å². The molecule has 3 N–H and O–H groups in total. The average molecular weight is 394 g/mol. The van der Waals surface area contributed by atoms with Crippen molar-refractivity contribution < 1.29 is 23.5 Å². The Labute approximate surface area is 162 Å². The summed E-state index contributed by atoms with van der Waals surface area (Å²) in [6.07, 6.45) is 1.19. The molecule has 10 heteroatoms. The standard InChI is InChI=1S/C19H14N4O6/c1-2-28-19(27)12-8-29-18(21-12)9-3-5-10(6-4-9)23-13(24)7-11-14(15(23)20)17(26)22-16(11)25/h3-8H,2,20H2,1H3,(H,22,25,26). The van der Waals surface area contributed by atoms with E-state index in [9.17, 15) is 19.2 Å². The monoisotopic (exact) mass is 394 g/mol. The molecule has 0 fully saturated rings. The fourth-order valence-corrected chi connectivity index (χ4v) is 3.00. The van der Waals surface area contributed by atoms with Crippen LogP contribution in [0.4, 0.5) is 5.82 Å². The number of hydrogen-bond acceptors (Lipinski definition) is 8. The van der Waals surface area contributed by atoms with Crippen molar-refractivity contribution in [2.45, 2.75) is 6.92 Å². The third kappa shape index (κ3) is 2.96. The van der Waals surface area contributed by atoms with Crippen LogP contribution >= 0.6 is 0 Å². The van der Waals surface area contributed by atoms with Crippen LogP contribution < -0.4 is 16.6 Å².